The van der Waals surface area contributed by atoms with Gasteiger partial charge in [-0.05, 0) is 31.1 Å². The highest BCUT2D eigenvalue weighted by Crippen LogP contribution is 2.17. The van der Waals surface area contributed by atoms with Crippen LogP contribution in [-0.2, 0) is 4.79 Å². The van der Waals surface area contributed by atoms with E-state index in [1.54, 1.807) is 18.3 Å². The van der Waals surface area contributed by atoms with Crippen molar-refractivity contribution in [2.75, 3.05) is 0 Å². The molecule has 0 bridgehead atoms. The van der Waals surface area contributed by atoms with Gasteiger partial charge in [0.15, 0.2) is 0 Å². The van der Waals surface area contributed by atoms with Gasteiger partial charge in [-0.3, -0.25) is 9.78 Å². The lowest BCUT2D eigenvalue weighted by atomic mass is 9.95. The van der Waals surface area contributed by atoms with Crippen molar-refractivity contribution >= 4 is 23.0 Å². The van der Waals surface area contributed by atoms with Crippen LogP contribution in [0.25, 0.3) is 17.1 Å². The van der Waals surface area contributed by atoms with Crippen molar-refractivity contribution in [1.82, 2.24) is 15.3 Å². The number of fused-ring (bicyclic) bond motifs is 1. The summed E-state index contributed by atoms with van der Waals surface area (Å²) in [4.78, 5) is 20.7. The molecule has 21 heavy (non-hydrogen) atoms. The van der Waals surface area contributed by atoms with Crippen molar-refractivity contribution < 1.29 is 4.79 Å². The predicted octanol–water partition coefficient (Wildman–Crippen LogP) is 3.09. The lowest BCUT2D eigenvalue weighted by Gasteiger charge is -2.21. The molecular formula is C17H19N3O. The van der Waals surface area contributed by atoms with Gasteiger partial charge in [0.25, 0.3) is 0 Å². The molecule has 1 saturated carbocycles. The summed E-state index contributed by atoms with van der Waals surface area (Å²) in [7, 11) is 0. The highest BCUT2D eigenvalue weighted by atomic mass is 16.1. The Morgan fingerprint density at radius 3 is 2.71 bits per heavy atom. The molecule has 4 nitrogen and oxygen atoms in total. The zero-order valence-corrected chi connectivity index (χ0v) is 12.0. The highest BCUT2D eigenvalue weighted by molar-refractivity contribution is 5.91. The molecule has 1 fully saturated rings. The van der Waals surface area contributed by atoms with E-state index in [9.17, 15) is 4.79 Å². The first-order chi connectivity index (χ1) is 10.3. The molecule has 1 aromatic carbocycles. The Morgan fingerprint density at radius 1 is 1.14 bits per heavy atom. The quantitative estimate of drug-likeness (QED) is 0.880. The molecular weight excluding hydrogens is 262 g/mol. The van der Waals surface area contributed by atoms with Crippen LogP contribution in [0.4, 0.5) is 0 Å². The molecule has 1 N–H and O–H groups in total. The van der Waals surface area contributed by atoms with Crippen LogP contribution in [0.1, 0.15) is 37.8 Å². The largest absolute Gasteiger partial charge is 0.350 e. The van der Waals surface area contributed by atoms with Gasteiger partial charge in [-0.1, -0.05) is 31.4 Å². The second-order valence-corrected chi connectivity index (χ2v) is 5.46. The molecule has 0 aliphatic heterocycles. The van der Waals surface area contributed by atoms with Crippen LogP contribution in [0.3, 0.4) is 0 Å². The van der Waals surface area contributed by atoms with Gasteiger partial charge in [0.1, 0.15) is 0 Å². The van der Waals surface area contributed by atoms with E-state index in [1.807, 2.05) is 24.3 Å². The number of amides is 1. The maximum absolute atomic E-state index is 11.9. The third-order valence-corrected chi connectivity index (χ3v) is 3.82. The number of para-hydroxylation sites is 2. The summed E-state index contributed by atoms with van der Waals surface area (Å²) >= 11 is 0. The fourth-order valence-electron chi connectivity index (χ4n) is 2.71. The minimum absolute atomic E-state index is 0.0446. The Balaban J connectivity index is 1.64. The summed E-state index contributed by atoms with van der Waals surface area (Å²) < 4.78 is 0. The van der Waals surface area contributed by atoms with Crippen LogP contribution in [0.2, 0.25) is 0 Å². The molecule has 108 valence electrons. The predicted molar refractivity (Wildman–Crippen MR) is 83.6 cm³/mol. The number of nitrogens with one attached hydrogen (secondary N) is 1. The topological polar surface area (TPSA) is 54.9 Å². The van der Waals surface area contributed by atoms with E-state index < -0.39 is 0 Å². The number of carbonyl (C=O) groups excluding carboxylic acids is 1. The van der Waals surface area contributed by atoms with Gasteiger partial charge < -0.3 is 5.32 Å². The van der Waals surface area contributed by atoms with Crippen molar-refractivity contribution in [1.29, 1.82) is 0 Å². The van der Waals surface area contributed by atoms with Gasteiger partial charge in [0, 0.05) is 12.1 Å². The highest BCUT2D eigenvalue weighted by Gasteiger charge is 2.14. The number of rotatable bonds is 3. The number of hydrogen-bond donors (Lipinski definition) is 1. The van der Waals surface area contributed by atoms with Crippen LogP contribution in [0, 0.1) is 0 Å². The summed E-state index contributed by atoms with van der Waals surface area (Å²) in [6, 6.07) is 8.04. The molecule has 4 heteroatoms. The molecule has 1 aliphatic carbocycles. The number of aromatic nitrogens is 2. The maximum atomic E-state index is 11.9. The third kappa shape index (κ3) is 3.66. The fourth-order valence-corrected chi connectivity index (χ4v) is 2.71. The van der Waals surface area contributed by atoms with Crippen molar-refractivity contribution in [2.24, 2.45) is 0 Å². The van der Waals surface area contributed by atoms with Gasteiger partial charge in [-0.2, -0.15) is 0 Å². The van der Waals surface area contributed by atoms with Gasteiger partial charge in [-0.15, -0.1) is 0 Å². The third-order valence-electron chi connectivity index (χ3n) is 3.82. The minimum atomic E-state index is -0.0446. The molecule has 0 atom stereocenters. The molecule has 0 spiro atoms. The first kappa shape index (κ1) is 13.7. The minimum Gasteiger partial charge on any atom is -0.350 e. The number of carbonyl (C=O) groups is 1. The van der Waals surface area contributed by atoms with Gasteiger partial charge in [0.2, 0.25) is 5.91 Å². The number of benzene rings is 1. The Labute approximate surface area is 124 Å². The van der Waals surface area contributed by atoms with Crippen LogP contribution < -0.4 is 5.32 Å². The van der Waals surface area contributed by atoms with Crippen molar-refractivity contribution in [3.63, 3.8) is 0 Å². The van der Waals surface area contributed by atoms with E-state index in [0.29, 0.717) is 11.7 Å². The van der Waals surface area contributed by atoms with E-state index in [1.165, 1.54) is 19.3 Å². The second kappa shape index (κ2) is 6.48. The van der Waals surface area contributed by atoms with E-state index in [0.717, 1.165) is 23.9 Å². The van der Waals surface area contributed by atoms with Crippen molar-refractivity contribution in [3.05, 3.63) is 42.2 Å². The fraction of sp³-hybridized carbons (Fsp3) is 0.353. The smallest absolute Gasteiger partial charge is 0.244 e. The second-order valence-electron chi connectivity index (χ2n) is 5.46. The summed E-state index contributed by atoms with van der Waals surface area (Å²) in [6.07, 6.45) is 10.9. The molecule has 3 rings (SSSR count). The van der Waals surface area contributed by atoms with Gasteiger partial charge in [-0.25, -0.2) is 4.98 Å². The number of nitrogens with zero attached hydrogens (tertiary/aromatic N) is 2. The van der Waals surface area contributed by atoms with Crippen molar-refractivity contribution in [3.8, 4) is 0 Å². The molecule has 0 saturated heterocycles. The van der Waals surface area contributed by atoms with Crippen LogP contribution >= 0.6 is 0 Å². The first-order valence-electron chi connectivity index (χ1n) is 7.52. The average molecular weight is 281 g/mol. The summed E-state index contributed by atoms with van der Waals surface area (Å²) in [5.41, 5.74) is 2.40. The van der Waals surface area contributed by atoms with Crippen LogP contribution in [-0.4, -0.2) is 21.9 Å². The molecule has 1 aliphatic rings. The average Bonchev–Trinajstić information content (AvgIpc) is 2.54. The van der Waals surface area contributed by atoms with Gasteiger partial charge >= 0.3 is 0 Å². The first-order valence-corrected chi connectivity index (χ1v) is 7.52. The zero-order chi connectivity index (χ0) is 14.5. The Hall–Kier alpha value is -2.23. The maximum Gasteiger partial charge on any atom is 0.244 e. The Morgan fingerprint density at radius 2 is 1.90 bits per heavy atom. The standard InChI is InChI=1S/C17H19N3O/c21-17(20-13-6-2-1-3-7-13)11-10-14-12-18-15-8-4-5-9-16(15)19-14/h4-5,8-13H,1-3,6-7H2,(H,20,21). The molecule has 1 aromatic heterocycles. The molecule has 2 aromatic rings. The van der Waals surface area contributed by atoms with Crippen LogP contribution in [0.5, 0.6) is 0 Å². The normalized spacial score (nSPS) is 16.4. The molecule has 1 amide bonds. The lowest BCUT2D eigenvalue weighted by Crippen LogP contribution is -2.34. The van der Waals surface area contributed by atoms with E-state index in [4.69, 9.17) is 0 Å². The summed E-state index contributed by atoms with van der Waals surface area (Å²) in [5.74, 6) is -0.0446. The lowest BCUT2D eigenvalue weighted by molar-refractivity contribution is -0.117. The van der Waals surface area contributed by atoms with Gasteiger partial charge in [0.05, 0.1) is 22.9 Å². The summed E-state index contributed by atoms with van der Waals surface area (Å²) in [6.45, 7) is 0. The Kier molecular flexibility index (Phi) is 4.24. The van der Waals surface area contributed by atoms with E-state index in [2.05, 4.69) is 15.3 Å². The number of hydrogen-bond acceptors (Lipinski definition) is 3. The zero-order valence-electron chi connectivity index (χ0n) is 12.0. The van der Waals surface area contributed by atoms with E-state index >= 15 is 0 Å². The Bertz CT molecular complexity index is 660. The molecule has 0 unspecified atom stereocenters. The summed E-state index contributed by atoms with van der Waals surface area (Å²) in [5, 5.41) is 3.05. The van der Waals surface area contributed by atoms with Crippen molar-refractivity contribution in [2.45, 2.75) is 38.1 Å². The SMILES string of the molecule is O=C(C=Cc1cnc2ccccc2n1)NC1CCCCC1. The molecule has 1 heterocycles. The van der Waals surface area contributed by atoms with E-state index in [-0.39, 0.29) is 5.91 Å². The monoisotopic (exact) mass is 281 g/mol. The van der Waals surface area contributed by atoms with Crippen LogP contribution in [0.15, 0.2) is 36.5 Å². The molecule has 0 radical (unpaired) electrons.